The molecule has 0 bridgehead atoms. The number of anilines is 1. The van der Waals surface area contributed by atoms with Crippen LogP contribution in [0.25, 0.3) is 17.2 Å². The summed E-state index contributed by atoms with van der Waals surface area (Å²) in [5.41, 5.74) is 11.6. The van der Waals surface area contributed by atoms with Crippen molar-refractivity contribution in [1.82, 2.24) is 20.2 Å². The number of aromatic nitrogens is 3. The largest absolute Gasteiger partial charge is 0.415 e. The Morgan fingerprint density at radius 2 is 1.90 bits per heavy atom. The van der Waals surface area contributed by atoms with E-state index in [4.69, 9.17) is 17.3 Å². The molecule has 0 spiro atoms. The van der Waals surface area contributed by atoms with Crippen LogP contribution in [0.4, 0.5) is 23.4 Å². The van der Waals surface area contributed by atoms with Crippen LogP contribution in [0, 0.1) is 11.6 Å². The Morgan fingerprint density at radius 3 is 2.52 bits per heavy atom. The van der Waals surface area contributed by atoms with Crippen LogP contribution in [0.1, 0.15) is 23.4 Å². The number of halogens is 4. The topological polar surface area (TPSA) is 133 Å². The lowest BCUT2D eigenvalue weighted by Crippen LogP contribution is -2.26. The smallest absolute Gasteiger partial charge is 0.314 e. The van der Waals surface area contributed by atoms with Gasteiger partial charge in [0.25, 0.3) is 11.8 Å². The summed E-state index contributed by atoms with van der Waals surface area (Å²) in [6.45, 7) is -0.238. The summed E-state index contributed by atoms with van der Waals surface area (Å²) in [6, 6.07) is 5.51. The molecule has 0 saturated heterocycles. The molecular formula is C17H15F4N7O. The molecule has 0 fully saturated rings. The average molecular weight is 409 g/mol. The van der Waals surface area contributed by atoms with E-state index in [1.54, 1.807) is 12.1 Å². The van der Waals surface area contributed by atoms with Crippen molar-refractivity contribution in [2.45, 2.75) is 13.0 Å². The van der Waals surface area contributed by atoms with Crippen LogP contribution in [0.2, 0.25) is 0 Å². The third-order valence-corrected chi connectivity index (χ3v) is 3.80. The zero-order valence-electron chi connectivity index (χ0n) is 14.7. The molecule has 12 heteroatoms. The third kappa shape index (κ3) is 4.43. The van der Waals surface area contributed by atoms with E-state index in [2.05, 4.69) is 19.6 Å². The monoisotopic (exact) mass is 409 g/mol. The molecule has 0 atom stereocenters. The van der Waals surface area contributed by atoms with Crippen LogP contribution in [-0.2, 0) is 6.54 Å². The van der Waals surface area contributed by atoms with Crippen LogP contribution >= 0.6 is 0 Å². The quantitative estimate of drug-likeness (QED) is 0.321. The van der Waals surface area contributed by atoms with Gasteiger partial charge in [0.2, 0.25) is 0 Å². The van der Waals surface area contributed by atoms with Crippen LogP contribution in [0.15, 0.2) is 41.1 Å². The first kappa shape index (κ1) is 20.1. The zero-order chi connectivity index (χ0) is 21.1. The van der Waals surface area contributed by atoms with Gasteiger partial charge in [0.05, 0.1) is 17.8 Å². The SMILES string of the molecule is N/C(=C\N(N)Cc1ccc(-c2nnc(C(F)F)o2)c(F)c1F)c1ccc(N)nc1. The fraction of sp³-hybridized carbons (Fsp3) is 0.118. The zero-order valence-corrected chi connectivity index (χ0v) is 14.7. The van der Waals surface area contributed by atoms with Gasteiger partial charge in [-0.25, -0.2) is 19.6 Å². The van der Waals surface area contributed by atoms with Crippen molar-refractivity contribution >= 4 is 11.5 Å². The van der Waals surface area contributed by atoms with E-state index < -0.39 is 35.4 Å². The molecule has 6 N–H and O–H groups in total. The number of nitrogens with zero attached hydrogens (tertiary/aromatic N) is 4. The predicted octanol–water partition coefficient (Wildman–Crippen LogP) is 2.56. The molecule has 0 saturated carbocycles. The predicted molar refractivity (Wildman–Crippen MR) is 95.2 cm³/mol. The maximum atomic E-state index is 14.4. The van der Waals surface area contributed by atoms with E-state index in [0.717, 1.165) is 11.1 Å². The minimum Gasteiger partial charge on any atom is -0.415 e. The molecule has 8 nitrogen and oxygen atoms in total. The van der Waals surface area contributed by atoms with Gasteiger partial charge in [-0.15, -0.1) is 10.2 Å². The standard InChI is InChI=1S/C17H15F4N7O/c18-13-9(6-28(24)7-11(22)8-2-4-12(23)25-5-8)1-3-10(14(13)19)16-26-27-17(29-16)15(20)21/h1-5,7,15H,6,22,24H2,(H2,23,25)/b11-7-. The maximum absolute atomic E-state index is 14.4. The van der Waals surface area contributed by atoms with Crippen molar-refractivity contribution in [3.8, 4) is 11.5 Å². The molecule has 0 amide bonds. The number of pyridine rings is 1. The highest BCUT2D eigenvalue weighted by Crippen LogP contribution is 2.28. The molecule has 2 aromatic heterocycles. The van der Waals surface area contributed by atoms with Crippen molar-refractivity contribution in [3.05, 3.63) is 65.3 Å². The van der Waals surface area contributed by atoms with Gasteiger partial charge in [-0.2, -0.15) is 8.78 Å². The Kier molecular flexibility index (Phi) is 5.64. The summed E-state index contributed by atoms with van der Waals surface area (Å²) < 4.78 is 58.5. The highest BCUT2D eigenvalue weighted by atomic mass is 19.3. The molecule has 0 aliphatic rings. The van der Waals surface area contributed by atoms with Gasteiger partial charge in [0, 0.05) is 23.5 Å². The Bertz CT molecular complexity index is 1040. The minimum atomic E-state index is -3.03. The van der Waals surface area contributed by atoms with Crippen molar-refractivity contribution in [1.29, 1.82) is 0 Å². The minimum absolute atomic E-state index is 0.109. The van der Waals surface area contributed by atoms with Gasteiger partial charge in [0.15, 0.2) is 11.6 Å². The molecule has 2 heterocycles. The third-order valence-electron chi connectivity index (χ3n) is 3.80. The first-order valence-electron chi connectivity index (χ1n) is 8.05. The van der Waals surface area contributed by atoms with Crippen LogP contribution in [-0.4, -0.2) is 20.2 Å². The van der Waals surface area contributed by atoms with E-state index in [1.807, 2.05) is 0 Å². The Labute approximate surface area is 161 Å². The molecule has 0 aliphatic carbocycles. The maximum Gasteiger partial charge on any atom is 0.314 e. The average Bonchev–Trinajstić information content (AvgIpc) is 3.16. The van der Waals surface area contributed by atoms with E-state index in [1.165, 1.54) is 18.5 Å². The molecule has 3 aromatic rings. The number of hydrazine groups is 1. The highest BCUT2D eigenvalue weighted by molar-refractivity contribution is 5.62. The lowest BCUT2D eigenvalue weighted by Gasteiger charge is -2.16. The number of hydrogen-bond donors (Lipinski definition) is 3. The highest BCUT2D eigenvalue weighted by Gasteiger charge is 2.22. The fourth-order valence-corrected chi connectivity index (χ4v) is 2.38. The molecular weight excluding hydrogens is 394 g/mol. The lowest BCUT2D eigenvalue weighted by molar-refractivity contribution is 0.116. The number of alkyl halides is 2. The van der Waals surface area contributed by atoms with Gasteiger partial charge in [0.1, 0.15) is 5.82 Å². The van der Waals surface area contributed by atoms with E-state index in [-0.39, 0.29) is 17.8 Å². The number of nitrogens with two attached hydrogens (primary N) is 3. The summed E-state index contributed by atoms with van der Waals surface area (Å²) in [5, 5.41) is 7.43. The van der Waals surface area contributed by atoms with Crippen molar-refractivity contribution in [2.24, 2.45) is 11.6 Å². The van der Waals surface area contributed by atoms with Crippen LogP contribution in [0.3, 0.4) is 0 Å². The van der Waals surface area contributed by atoms with Gasteiger partial charge in [-0.3, -0.25) is 0 Å². The number of rotatable bonds is 6. The Balaban J connectivity index is 1.79. The summed E-state index contributed by atoms with van der Waals surface area (Å²) in [5.74, 6) is 1.98. The second-order valence-electron chi connectivity index (χ2n) is 5.87. The first-order valence-corrected chi connectivity index (χ1v) is 8.05. The van der Waals surface area contributed by atoms with Gasteiger partial charge >= 0.3 is 6.43 Å². The molecule has 0 unspecified atom stereocenters. The second-order valence-corrected chi connectivity index (χ2v) is 5.87. The number of nitrogen functional groups attached to an aromatic ring is 1. The van der Waals surface area contributed by atoms with Crippen LogP contribution < -0.4 is 17.3 Å². The summed E-state index contributed by atoms with van der Waals surface area (Å²) >= 11 is 0. The van der Waals surface area contributed by atoms with Crippen molar-refractivity contribution in [3.63, 3.8) is 0 Å². The van der Waals surface area contributed by atoms with E-state index in [9.17, 15) is 17.6 Å². The number of hydrogen-bond acceptors (Lipinski definition) is 8. The molecule has 29 heavy (non-hydrogen) atoms. The normalized spacial score (nSPS) is 11.9. The van der Waals surface area contributed by atoms with Crippen molar-refractivity contribution < 1.29 is 22.0 Å². The summed E-state index contributed by atoms with van der Waals surface area (Å²) in [7, 11) is 0. The van der Waals surface area contributed by atoms with Gasteiger partial charge < -0.3 is 20.9 Å². The van der Waals surface area contributed by atoms with Crippen LogP contribution in [0.5, 0.6) is 0 Å². The second kappa shape index (κ2) is 8.14. The fourth-order valence-electron chi connectivity index (χ4n) is 2.38. The van der Waals surface area contributed by atoms with E-state index in [0.29, 0.717) is 11.4 Å². The molecule has 152 valence electrons. The van der Waals surface area contributed by atoms with E-state index >= 15 is 0 Å². The molecule has 0 radical (unpaired) electrons. The Hall–Kier alpha value is -3.67. The summed E-state index contributed by atoms with van der Waals surface area (Å²) in [6.07, 6.45) is -0.282. The molecule has 3 rings (SSSR count). The van der Waals surface area contributed by atoms with Gasteiger partial charge in [-0.1, -0.05) is 6.07 Å². The van der Waals surface area contributed by atoms with Crippen molar-refractivity contribution in [2.75, 3.05) is 5.73 Å². The first-order chi connectivity index (χ1) is 13.8. The lowest BCUT2D eigenvalue weighted by atomic mass is 10.1. The summed E-state index contributed by atoms with van der Waals surface area (Å²) in [4.78, 5) is 3.89. The molecule has 1 aromatic carbocycles. The van der Waals surface area contributed by atoms with Gasteiger partial charge in [-0.05, 0) is 18.2 Å². The molecule has 0 aliphatic heterocycles. The number of benzene rings is 1. The Morgan fingerprint density at radius 1 is 1.14 bits per heavy atom.